The summed E-state index contributed by atoms with van der Waals surface area (Å²) in [6, 6.07) is 13.0. The van der Waals surface area contributed by atoms with E-state index in [9.17, 15) is 4.79 Å². The van der Waals surface area contributed by atoms with Gasteiger partial charge in [0.15, 0.2) is 11.5 Å². The number of anilines is 2. The third-order valence-electron chi connectivity index (χ3n) is 4.65. The molecule has 0 unspecified atom stereocenters. The first-order valence-electron chi connectivity index (χ1n) is 9.46. The Morgan fingerprint density at radius 3 is 2.66 bits per heavy atom. The molecule has 3 aromatic rings. The smallest absolute Gasteiger partial charge is 0.253 e. The molecule has 0 bridgehead atoms. The van der Waals surface area contributed by atoms with Gasteiger partial charge in [-0.1, -0.05) is 0 Å². The van der Waals surface area contributed by atoms with Crippen LogP contribution in [0, 0.1) is 0 Å². The number of fused-ring (bicyclic) bond motifs is 1. The Bertz CT molecular complexity index is 994. The molecule has 0 atom stereocenters. The predicted octanol–water partition coefficient (Wildman–Crippen LogP) is 3.31. The molecule has 4 rings (SSSR count). The minimum absolute atomic E-state index is 0.0494. The van der Waals surface area contributed by atoms with Crippen LogP contribution >= 0.6 is 0 Å². The minimum atomic E-state index is -0.0494. The normalized spacial score (nSPS) is 12.3. The Morgan fingerprint density at radius 1 is 1.03 bits per heavy atom. The van der Waals surface area contributed by atoms with E-state index in [1.54, 1.807) is 42.7 Å². The van der Waals surface area contributed by atoms with Crippen LogP contribution in [0.5, 0.6) is 11.5 Å². The summed E-state index contributed by atoms with van der Waals surface area (Å²) in [7, 11) is 1.80. The molecule has 0 radical (unpaired) electrons. The zero-order valence-corrected chi connectivity index (χ0v) is 16.2. The number of rotatable bonds is 6. The van der Waals surface area contributed by atoms with E-state index >= 15 is 0 Å². The van der Waals surface area contributed by atoms with Crippen molar-refractivity contribution in [2.24, 2.45) is 0 Å². The summed E-state index contributed by atoms with van der Waals surface area (Å²) in [5, 5.41) is 3.22. The first-order chi connectivity index (χ1) is 14.2. The summed E-state index contributed by atoms with van der Waals surface area (Å²) in [6.07, 6.45) is 5.92. The van der Waals surface area contributed by atoms with Crippen LogP contribution in [0.15, 0.2) is 61.1 Å². The highest BCUT2D eigenvalue weighted by atomic mass is 16.6. The highest BCUT2D eigenvalue weighted by Gasteiger charge is 2.14. The molecule has 1 aromatic carbocycles. The van der Waals surface area contributed by atoms with Crippen LogP contribution in [-0.2, 0) is 6.42 Å². The number of pyridine rings is 2. The van der Waals surface area contributed by atoms with E-state index < -0.39 is 0 Å². The van der Waals surface area contributed by atoms with Crippen molar-refractivity contribution in [3.05, 3.63) is 72.2 Å². The van der Waals surface area contributed by atoms with E-state index in [-0.39, 0.29) is 5.91 Å². The molecule has 1 aliphatic rings. The van der Waals surface area contributed by atoms with E-state index in [0.717, 1.165) is 23.4 Å². The van der Waals surface area contributed by atoms with Crippen LogP contribution in [0.4, 0.5) is 11.5 Å². The highest BCUT2D eigenvalue weighted by Crippen LogP contribution is 2.33. The number of amides is 1. The number of carbonyl (C=O) groups excluding carboxylic acids is 1. The summed E-state index contributed by atoms with van der Waals surface area (Å²) >= 11 is 0. The van der Waals surface area contributed by atoms with Gasteiger partial charge in [-0.25, -0.2) is 4.98 Å². The third-order valence-corrected chi connectivity index (χ3v) is 4.65. The van der Waals surface area contributed by atoms with Crippen molar-refractivity contribution in [2.75, 3.05) is 32.1 Å². The lowest BCUT2D eigenvalue weighted by Crippen LogP contribution is -2.28. The van der Waals surface area contributed by atoms with Gasteiger partial charge in [0.25, 0.3) is 5.91 Å². The second-order valence-corrected chi connectivity index (χ2v) is 6.75. The van der Waals surface area contributed by atoms with E-state index in [0.29, 0.717) is 36.9 Å². The number of hydrogen-bond donors (Lipinski definition) is 1. The Morgan fingerprint density at radius 2 is 1.83 bits per heavy atom. The van der Waals surface area contributed by atoms with Gasteiger partial charge in [-0.15, -0.1) is 0 Å². The topological polar surface area (TPSA) is 76.6 Å². The monoisotopic (exact) mass is 390 g/mol. The van der Waals surface area contributed by atoms with Crippen LogP contribution in [0.3, 0.4) is 0 Å². The summed E-state index contributed by atoms with van der Waals surface area (Å²) < 4.78 is 11.1. The van der Waals surface area contributed by atoms with Crippen molar-refractivity contribution in [2.45, 2.75) is 6.42 Å². The van der Waals surface area contributed by atoms with Crippen LogP contribution < -0.4 is 14.8 Å². The average molecular weight is 390 g/mol. The Hall–Kier alpha value is -3.61. The molecule has 0 saturated heterocycles. The van der Waals surface area contributed by atoms with E-state index in [4.69, 9.17) is 9.47 Å². The van der Waals surface area contributed by atoms with Crippen molar-refractivity contribution in [1.29, 1.82) is 0 Å². The molecule has 7 heteroatoms. The van der Waals surface area contributed by atoms with E-state index in [1.165, 1.54) is 0 Å². The largest absolute Gasteiger partial charge is 0.486 e. The summed E-state index contributed by atoms with van der Waals surface area (Å²) in [5.74, 6) is 1.97. The Labute approximate surface area is 169 Å². The molecule has 1 aliphatic heterocycles. The first-order valence-corrected chi connectivity index (χ1v) is 9.46. The molecule has 1 N–H and O–H groups in total. The van der Waals surface area contributed by atoms with Gasteiger partial charge < -0.3 is 19.7 Å². The van der Waals surface area contributed by atoms with Crippen LogP contribution in [0.2, 0.25) is 0 Å². The Kier molecular flexibility index (Phi) is 5.56. The fourth-order valence-electron chi connectivity index (χ4n) is 3.07. The van der Waals surface area contributed by atoms with Crippen LogP contribution in [0.1, 0.15) is 15.9 Å². The predicted molar refractivity (Wildman–Crippen MR) is 110 cm³/mol. The molecule has 7 nitrogen and oxygen atoms in total. The van der Waals surface area contributed by atoms with Gasteiger partial charge in [0.05, 0.1) is 0 Å². The van der Waals surface area contributed by atoms with Crippen LogP contribution in [-0.4, -0.2) is 47.6 Å². The summed E-state index contributed by atoms with van der Waals surface area (Å²) in [5.41, 5.74) is 2.55. The number of benzene rings is 1. The van der Waals surface area contributed by atoms with Gasteiger partial charge in [0.1, 0.15) is 19.0 Å². The number of ether oxygens (including phenoxy) is 2. The minimum Gasteiger partial charge on any atom is -0.486 e. The number of aromatic nitrogens is 2. The maximum absolute atomic E-state index is 12.8. The maximum Gasteiger partial charge on any atom is 0.253 e. The standard InChI is InChI=1S/C22H22N4O3/c1-26(11-7-16-4-8-23-9-5-16)22(27)17-6-10-24-21(14-17)25-18-2-3-19-20(15-18)29-13-12-28-19/h2-6,8-10,14-15H,7,11-13H2,1H3,(H,24,25). The molecule has 0 spiro atoms. The highest BCUT2D eigenvalue weighted by molar-refractivity contribution is 5.94. The van der Waals surface area contributed by atoms with Gasteiger partial charge in [0.2, 0.25) is 0 Å². The summed E-state index contributed by atoms with van der Waals surface area (Å²) in [4.78, 5) is 22.8. The number of hydrogen-bond acceptors (Lipinski definition) is 6. The van der Waals surface area contributed by atoms with Gasteiger partial charge in [-0.05, 0) is 48.4 Å². The summed E-state index contributed by atoms with van der Waals surface area (Å²) in [6.45, 7) is 1.71. The number of carbonyl (C=O) groups is 1. The van der Waals surface area contributed by atoms with Gasteiger partial charge >= 0.3 is 0 Å². The molecule has 0 saturated carbocycles. The van der Waals surface area contributed by atoms with Crippen molar-refractivity contribution in [3.8, 4) is 11.5 Å². The number of likely N-dealkylation sites (N-methyl/N-ethyl adjacent to an activating group) is 1. The molecule has 148 valence electrons. The third kappa shape index (κ3) is 4.63. The van der Waals surface area contributed by atoms with E-state index in [2.05, 4.69) is 15.3 Å². The maximum atomic E-state index is 12.8. The second-order valence-electron chi connectivity index (χ2n) is 6.75. The molecule has 0 aliphatic carbocycles. The molecule has 1 amide bonds. The zero-order valence-electron chi connectivity index (χ0n) is 16.2. The van der Waals surface area contributed by atoms with Gasteiger partial charge in [-0.3, -0.25) is 9.78 Å². The zero-order chi connectivity index (χ0) is 20.1. The number of nitrogens with zero attached hydrogens (tertiary/aromatic N) is 3. The van der Waals surface area contributed by atoms with Crippen molar-refractivity contribution in [1.82, 2.24) is 14.9 Å². The molecule has 29 heavy (non-hydrogen) atoms. The fraction of sp³-hybridized carbons (Fsp3) is 0.227. The first kappa shape index (κ1) is 18.7. The van der Waals surface area contributed by atoms with Crippen molar-refractivity contribution >= 4 is 17.4 Å². The quantitative estimate of drug-likeness (QED) is 0.696. The van der Waals surface area contributed by atoms with Crippen molar-refractivity contribution in [3.63, 3.8) is 0 Å². The lowest BCUT2D eigenvalue weighted by atomic mass is 10.2. The lowest BCUT2D eigenvalue weighted by Gasteiger charge is -2.19. The SMILES string of the molecule is CN(CCc1ccncc1)C(=O)c1ccnc(Nc2ccc3c(c2)OCCO3)c1. The molecule has 3 heterocycles. The molecule has 2 aromatic heterocycles. The number of nitrogens with one attached hydrogen (secondary N) is 1. The lowest BCUT2D eigenvalue weighted by molar-refractivity contribution is 0.0796. The fourth-order valence-corrected chi connectivity index (χ4v) is 3.07. The van der Waals surface area contributed by atoms with Gasteiger partial charge in [-0.2, -0.15) is 0 Å². The second kappa shape index (κ2) is 8.60. The molecular weight excluding hydrogens is 368 g/mol. The molecular formula is C22H22N4O3. The van der Waals surface area contributed by atoms with Crippen molar-refractivity contribution < 1.29 is 14.3 Å². The van der Waals surface area contributed by atoms with Gasteiger partial charge in [0, 0.05) is 49.5 Å². The Balaban J connectivity index is 1.42. The van der Waals surface area contributed by atoms with Crippen LogP contribution in [0.25, 0.3) is 0 Å². The van der Waals surface area contributed by atoms with E-state index in [1.807, 2.05) is 30.3 Å². The molecule has 0 fully saturated rings. The average Bonchev–Trinajstić information content (AvgIpc) is 2.78.